The number of likely N-dealkylation sites (N-methyl/N-ethyl adjacent to an activating group) is 1. The van der Waals surface area contributed by atoms with Crippen LogP contribution in [0.5, 0.6) is 0 Å². The molecule has 1 fully saturated rings. The van der Waals surface area contributed by atoms with E-state index in [1.54, 1.807) is 7.05 Å². The van der Waals surface area contributed by atoms with Crippen molar-refractivity contribution in [2.24, 2.45) is 7.05 Å². The van der Waals surface area contributed by atoms with Crippen LogP contribution in [-0.2, 0) is 12.5 Å². The van der Waals surface area contributed by atoms with E-state index in [0.717, 1.165) is 32.2 Å². The highest BCUT2D eigenvalue weighted by molar-refractivity contribution is 5.50. The molecule has 0 aromatic carbocycles. The lowest BCUT2D eigenvalue weighted by molar-refractivity contribution is 0.166. The van der Waals surface area contributed by atoms with Gasteiger partial charge in [-0.3, -0.25) is 9.78 Å². The van der Waals surface area contributed by atoms with Gasteiger partial charge >= 0.3 is 5.69 Å². The minimum atomic E-state index is -0.504. The summed E-state index contributed by atoms with van der Waals surface area (Å²) in [6.45, 7) is 0.832. The van der Waals surface area contributed by atoms with E-state index in [1.807, 2.05) is 14.1 Å². The van der Waals surface area contributed by atoms with Crippen LogP contribution in [0.25, 0.3) is 11.4 Å². The van der Waals surface area contributed by atoms with Gasteiger partial charge < -0.3 is 14.0 Å². The monoisotopic (exact) mass is 333 g/mol. The fourth-order valence-electron chi connectivity index (χ4n) is 3.54. The Morgan fingerprint density at radius 1 is 1.29 bits per heavy atom. The second-order valence-electron chi connectivity index (χ2n) is 6.91. The van der Waals surface area contributed by atoms with Crippen molar-refractivity contribution in [2.45, 2.75) is 37.5 Å². The van der Waals surface area contributed by atoms with E-state index >= 15 is 0 Å². The number of aromatic nitrogens is 4. The molecule has 0 unspecified atom stereocenters. The summed E-state index contributed by atoms with van der Waals surface area (Å²) in [7, 11) is 5.63. The molecule has 0 aliphatic heterocycles. The standard InChI is InChI=1S/C16H23N5O3/c1-20(2)10-16(7-5-4-6-8-16)14-17-12(19-24-14)11-9-21(3)15(23)18-13(11)22/h9H,4-8,10H2,1-3H3,(H,18,22,23). The van der Waals surface area contributed by atoms with Gasteiger partial charge in [-0.1, -0.05) is 24.4 Å². The van der Waals surface area contributed by atoms with Gasteiger partial charge in [-0.05, 0) is 26.9 Å². The van der Waals surface area contributed by atoms with Crippen LogP contribution in [-0.4, -0.2) is 45.2 Å². The Morgan fingerprint density at radius 3 is 2.67 bits per heavy atom. The van der Waals surface area contributed by atoms with Crippen LogP contribution < -0.4 is 11.2 Å². The number of nitrogens with zero attached hydrogens (tertiary/aromatic N) is 4. The van der Waals surface area contributed by atoms with Gasteiger partial charge in [0.05, 0.1) is 5.41 Å². The summed E-state index contributed by atoms with van der Waals surface area (Å²) in [6, 6.07) is 0. The predicted octanol–water partition coefficient (Wildman–Crippen LogP) is 0.887. The summed E-state index contributed by atoms with van der Waals surface area (Å²) >= 11 is 0. The SMILES string of the molecule is CN(C)CC1(c2nc(-c3cn(C)c(=O)[nH]c3=O)no2)CCCCC1. The maximum Gasteiger partial charge on any atom is 0.328 e. The molecular formula is C16H23N5O3. The Balaban J connectivity index is 2.01. The molecule has 0 saturated heterocycles. The summed E-state index contributed by atoms with van der Waals surface area (Å²) in [5.41, 5.74) is -0.900. The second kappa shape index (κ2) is 6.35. The topological polar surface area (TPSA) is 97.0 Å². The molecule has 1 aliphatic rings. The van der Waals surface area contributed by atoms with Gasteiger partial charge in [0, 0.05) is 19.8 Å². The molecule has 8 nitrogen and oxygen atoms in total. The predicted molar refractivity (Wildman–Crippen MR) is 88.9 cm³/mol. The molecule has 1 saturated carbocycles. The first kappa shape index (κ1) is 16.6. The number of aromatic amines is 1. The van der Waals surface area contributed by atoms with Gasteiger partial charge in [-0.25, -0.2) is 4.79 Å². The van der Waals surface area contributed by atoms with E-state index in [4.69, 9.17) is 4.52 Å². The Bertz CT molecular complexity index is 827. The zero-order chi connectivity index (χ0) is 17.3. The average Bonchev–Trinajstić information content (AvgIpc) is 3.01. The lowest BCUT2D eigenvalue weighted by Gasteiger charge is -2.36. The van der Waals surface area contributed by atoms with Gasteiger partial charge in [-0.15, -0.1) is 0 Å². The highest BCUT2D eigenvalue weighted by Gasteiger charge is 2.39. The molecule has 24 heavy (non-hydrogen) atoms. The Labute approximate surface area is 139 Å². The summed E-state index contributed by atoms with van der Waals surface area (Å²) in [5.74, 6) is 0.810. The first-order valence-corrected chi connectivity index (χ1v) is 8.20. The van der Waals surface area contributed by atoms with Gasteiger partial charge in [0.15, 0.2) is 0 Å². The first-order chi connectivity index (χ1) is 11.4. The van der Waals surface area contributed by atoms with Gasteiger partial charge in [0.25, 0.3) is 5.56 Å². The normalized spacial score (nSPS) is 17.3. The molecule has 2 aromatic rings. The van der Waals surface area contributed by atoms with Crippen LogP contribution in [0, 0.1) is 0 Å². The highest BCUT2D eigenvalue weighted by atomic mass is 16.5. The van der Waals surface area contributed by atoms with Crippen LogP contribution >= 0.6 is 0 Å². The van der Waals surface area contributed by atoms with Gasteiger partial charge in [0.2, 0.25) is 11.7 Å². The molecule has 0 amide bonds. The quantitative estimate of drug-likeness (QED) is 0.892. The minimum Gasteiger partial charge on any atom is -0.338 e. The number of H-pyrrole nitrogens is 1. The Morgan fingerprint density at radius 2 is 2.00 bits per heavy atom. The highest BCUT2D eigenvalue weighted by Crippen LogP contribution is 2.39. The number of hydrogen-bond acceptors (Lipinski definition) is 6. The van der Waals surface area contributed by atoms with Crippen molar-refractivity contribution in [1.82, 2.24) is 24.6 Å². The van der Waals surface area contributed by atoms with Gasteiger partial charge in [-0.2, -0.15) is 4.98 Å². The van der Waals surface area contributed by atoms with Crippen LogP contribution in [0.4, 0.5) is 0 Å². The third kappa shape index (κ3) is 3.06. The Kier molecular flexibility index (Phi) is 4.40. The first-order valence-electron chi connectivity index (χ1n) is 8.20. The summed E-state index contributed by atoms with van der Waals surface area (Å²) in [5, 5.41) is 4.01. The van der Waals surface area contributed by atoms with Crippen molar-refractivity contribution in [1.29, 1.82) is 0 Å². The molecule has 1 N–H and O–H groups in total. The maximum atomic E-state index is 12.0. The molecule has 0 atom stereocenters. The van der Waals surface area contributed by atoms with Gasteiger partial charge in [0.1, 0.15) is 5.56 Å². The lowest BCUT2D eigenvalue weighted by Crippen LogP contribution is -2.39. The lowest BCUT2D eigenvalue weighted by atomic mass is 9.73. The van der Waals surface area contributed by atoms with Crippen molar-refractivity contribution >= 4 is 0 Å². The van der Waals surface area contributed by atoms with Crippen molar-refractivity contribution in [2.75, 3.05) is 20.6 Å². The van der Waals surface area contributed by atoms with E-state index < -0.39 is 11.2 Å². The average molecular weight is 333 g/mol. The largest absolute Gasteiger partial charge is 0.338 e. The van der Waals surface area contributed by atoms with E-state index in [0.29, 0.717) is 5.89 Å². The smallest absolute Gasteiger partial charge is 0.328 e. The van der Waals surface area contributed by atoms with Crippen molar-refractivity contribution in [3.8, 4) is 11.4 Å². The number of hydrogen-bond donors (Lipinski definition) is 1. The van der Waals surface area contributed by atoms with E-state index in [1.165, 1.54) is 17.2 Å². The van der Waals surface area contributed by atoms with Crippen LogP contribution in [0.3, 0.4) is 0 Å². The molecule has 0 radical (unpaired) electrons. The number of aryl methyl sites for hydroxylation is 1. The maximum absolute atomic E-state index is 12.0. The molecule has 2 heterocycles. The molecule has 130 valence electrons. The molecule has 8 heteroatoms. The van der Waals surface area contributed by atoms with Crippen molar-refractivity contribution in [3.05, 3.63) is 32.9 Å². The zero-order valence-electron chi connectivity index (χ0n) is 14.3. The van der Waals surface area contributed by atoms with Crippen molar-refractivity contribution < 1.29 is 4.52 Å². The molecule has 3 rings (SSSR count). The Hall–Kier alpha value is -2.22. The second-order valence-corrected chi connectivity index (χ2v) is 6.91. The molecular weight excluding hydrogens is 310 g/mol. The van der Waals surface area contributed by atoms with E-state index in [9.17, 15) is 9.59 Å². The van der Waals surface area contributed by atoms with Crippen LogP contribution in [0.1, 0.15) is 38.0 Å². The van der Waals surface area contributed by atoms with Crippen LogP contribution in [0.15, 0.2) is 20.3 Å². The number of nitrogens with one attached hydrogen (secondary N) is 1. The third-order valence-electron chi connectivity index (χ3n) is 4.66. The fourth-order valence-corrected chi connectivity index (χ4v) is 3.54. The van der Waals surface area contributed by atoms with E-state index in [-0.39, 0.29) is 16.8 Å². The zero-order valence-corrected chi connectivity index (χ0v) is 14.3. The molecule has 1 aliphatic carbocycles. The summed E-state index contributed by atoms with van der Waals surface area (Å²) in [4.78, 5) is 32.4. The summed E-state index contributed by atoms with van der Waals surface area (Å²) < 4.78 is 6.85. The molecule has 0 spiro atoms. The molecule has 0 bridgehead atoms. The number of rotatable bonds is 4. The summed E-state index contributed by atoms with van der Waals surface area (Å²) in [6.07, 6.45) is 6.91. The van der Waals surface area contributed by atoms with Crippen LogP contribution in [0.2, 0.25) is 0 Å². The van der Waals surface area contributed by atoms with Crippen molar-refractivity contribution in [3.63, 3.8) is 0 Å². The molecule has 2 aromatic heterocycles. The van der Waals surface area contributed by atoms with E-state index in [2.05, 4.69) is 20.0 Å². The fraction of sp³-hybridized carbons (Fsp3) is 0.625. The third-order valence-corrected chi connectivity index (χ3v) is 4.66. The minimum absolute atomic E-state index is 0.166.